The van der Waals surface area contributed by atoms with Crippen molar-refractivity contribution in [1.82, 2.24) is 15.5 Å². The van der Waals surface area contributed by atoms with Crippen molar-refractivity contribution in [3.63, 3.8) is 0 Å². The van der Waals surface area contributed by atoms with Crippen LogP contribution in [0, 0.1) is 5.92 Å². The first kappa shape index (κ1) is 20.4. The molecule has 1 aliphatic rings. The highest BCUT2D eigenvalue weighted by molar-refractivity contribution is 7.12. The maximum absolute atomic E-state index is 12.3. The molecule has 3 rings (SSSR count). The van der Waals surface area contributed by atoms with Crippen molar-refractivity contribution >= 4 is 28.8 Å². The molecule has 2 aromatic heterocycles. The lowest BCUT2D eigenvalue weighted by molar-refractivity contribution is -0.126. The number of rotatable bonds is 11. The van der Waals surface area contributed by atoms with E-state index in [4.69, 9.17) is 4.52 Å². The second-order valence-corrected chi connectivity index (χ2v) is 8.44. The Morgan fingerprint density at radius 3 is 2.61 bits per heavy atom. The molecule has 1 fully saturated rings. The van der Waals surface area contributed by atoms with Gasteiger partial charge in [0.1, 0.15) is 11.8 Å². The van der Waals surface area contributed by atoms with Crippen LogP contribution >= 0.6 is 11.3 Å². The first-order chi connectivity index (χ1) is 13.4. The third-order valence-electron chi connectivity index (χ3n) is 4.71. The van der Waals surface area contributed by atoms with Crippen molar-refractivity contribution in [2.24, 2.45) is 5.92 Å². The summed E-state index contributed by atoms with van der Waals surface area (Å²) in [4.78, 5) is 41.3. The van der Waals surface area contributed by atoms with Gasteiger partial charge in [-0.3, -0.25) is 14.4 Å². The zero-order chi connectivity index (χ0) is 20.1. The lowest BCUT2D eigenvalue weighted by Crippen LogP contribution is -2.32. The smallest absolute Gasteiger partial charge is 0.249 e. The van der Waals surface area contributed by atoms with Crippen LogP contribution in [0.15, 0.2) is 22.0 Å². The first-order valence-electron chi connectivity index (χ1n) is 9.65. The van der Waals surface area contributed by atoms with Crippen LogP contribution in [0.2, 0.25) is 0 Å². The summed E-state index contributed by atoms with van der Waals surface area (Å²) in [5, 5.41) is 8.73. The second-order valence-electron chi connectivity index (χ2n) is 7.49. The van der Waals surface area contributed by atoms with Gasteiger partial charge in [0.25, 0.3) is 0 Å². The van der Waals surface area contributed by atoms with Gasteiger partial charge in [0, 0.05) is 31.6 Å². The fourth-order valence-electron chi connectivity index (χ4n) is 2.83. The third-order valence-corrected chi connectivity index (χ3v) is 5.62. The lowest BCUT2D eigenvalue weighted by Gasteiger charge is -2.18. The molecule has 0 radical (unpaired) electrons. The summed E-state index contributed by atoms with van der Waals surface area (Å²) in [6.07, 6.45) is 2.70. The standard InChI is InChI=1S/C20H25N3O4S/c1-12(2)18(20-22-19(23-27-20)13-5-6-13)21-17(26)10-8-14(24)7-9-15(25)16-4-3-11-28-16/h3-4,11-13,18H,5-10H2,1-2H3,(H,21,26). The summed E-state index contributed by atoms with van der Waals surface area (Å²) in [6, 6.07) is 3.19. The van der Waals surface area contributed by atoms with E-state index in [0.717, 1.165) is 12.8 Å². The minimum atomic E-state index is -0.372. The van der Waals surface area contributed by atoms with E-state index in [1.807, 2.05) is 25.3 Å². The summed E-state index contributed by atoms with van der Waals surface area (Å²) in [6.45, 7) is 3.93. The predicted molar refractivity (Wildman–Crippen MR) is 104 cm³/mol. The van der Waals surface area contributed by atoms with Crippen molar-refractivity contribution in [3.8, 4) is 0 Å². The maximum Gasteiger partial charge on any atom is 0.249 e. The van der Waals surface area contributed by atoms with Crippen LogP contribution in [-0.2, 0) is 9.59 Å². The number of Topliss-reactive ketones (excluding diaryl/α,β-unsaturated/α-hetero) is 2. The SMILES string of the molecule is CC(C)C(NC(=O)CCC(=O)CCC(=O)c1cccs1)c1nc(C2CC2)no1. The van der Waals surface area contributed by atoms with Gasteiger partial charge in [-0.1, -0.05) is 25.1 Å². The normalized spacial score (nSPS) is 14.8. The number of nitrogens with one attached hydrogen (secondary N) is 1. The molecule has 1 saturated carbocycles. The summed E-state index contributed by atoms with van der Waals surface area (Å²) >= 11 is 1.37. The Morgan fingerprint density at radius 1 is 1.21 bits per heavy atom. The third kappa shape index (κ3) is 5.58. The van der Waals surface area contributed by atoms with E-state index in [1.54, 1.807) is 6.07 Å². The van der Waals surface area contributed by atoms with Crippen LogP contribution in [0.4, 0.5) is 0 Å². The Balaban J connectivity index is 1.43. The number of carbonyl (C=O) groups excluding carboxylic acids is 3. The van der Waals surface area contributed by atoms with Gasteiger partial charge < -0.3 is 9.84 Å². The van der Waals surface area contributed by atoms with Gasteiger partial charge in [-0.2, -0.15) is 4.98 Å². The number of amides is 1. The summed E-state index contributed by atoms with van der Waals surface area (Å²) < 4.78 is 5.34. The quantitative estimate of drug-likeness (QED) is 0.572. The number of hydrogen-bond acceptors (Lipinski definition) is 7. The van der Waals surface area contributed by atoms with Crippen molar-refractivity contribution in [2.75, 3.05) is 0 Å². The molecule has 28 heavy (non-hydrogen) atoms. The fourth-order valence-corrected chi connectivity index (χ4v) is 3.53. The molecule has 7 nitrogen and oxygen atoms in total. The van der Waals surface area contributed by atoms with E-state index in [9.17, 15) is 14.4 Å². The van der Waals surface area contributed by atoms with Gasteiger partial charge >= 0.3 is 0 Å². The van der Waals surface area contributed by atoms with Crippen LogP contribution in [0.25, 0.3) is 0 Å². The largest absolute Gasteiger partial charge is 0.344 e. The molecule has 0 spiro atoms. The molecule has 150 valence electrons. The van der Waals surface area contributed by atoms with E-state index in [1.165, 1.54) is 11.3 Å². The Kier molecular flexibility index (Phi) is 6.72. The number of aromatic nitrogens is 2. The minimum Gasteiger partial charge on any atom is -0.344 e. The molecule has 1 aliphatic carbocycles. The topological polar surface area (TPSA) is 102 Å². The molecule has 1 amide bonds. The molecule has 0 saturated heterocycles. The highest BCUT2D eigenvalue weighted by atomic mass is 32.1. The molecule has 2 heterocycles. The molecule has 8 heteroatoms. The Hall–Kier alpha value is -2.35. The molecule has 0 aromatic carbocycles. The highest BCUT2D eigenvalue weighted by Gasteiger charge is 2.31. The van der Waals surface area contributed by atoms with Crippen molar-refractivity contribution in [2.45, 2.75) is 64.3 Å². The van der Waals surface area contributed by atoms with Crippen LogP contribution in [0.5, 0.6) is 0 Å². The van der Waals surface area contributed by atoms with Gasteiger partial charge in [-0.25, -0.2) is 0 Å². The molecular weight excluding hydrogens is 378 g/mol. The lowest BCUT2D eigenvalue weighted by atomic mass is 10.0. The molecule has 2 aromatic rings. The van der Waals surface area contributed by atoms with Crippen molar-refractivity contribution < 1.29 is 18.9 Å². The van der Waals surface area contributed by atoms with Crippen LogP contribution in [-0.4, -0.2) is 27.6 Å². The van der Waals surface area contributed by atoms with Gasteiger partial charge in [-0.15, -0.1) is 11.3 Å². The molecule has 1 N–H and O–H groups in total. The number of nitrogens with zero attached hydrogens (tertiary/aromatic N) is 2. The Labute approximate surface area is 167 Å². The monoisotopic (exact) mass is 403 g/mol. The van der Waals surface area contributed by atoms with E-state index in [0.29, 0.717) is 22.5 Å². The van der Waals surface area contributed by atoms with Gasteiger partial charge in [0.15, 0.2) is 11.6 Å². The number of thiophene rings is 1. The molecule has 1 unspecified atom stereocenters. The molecule has 0 aliphatic heterocycles. The average molecular weight is 404 g/mol. The predicted octanol–water partition coefficient (Wildman–Crippen LogP) is 3.83. The first-order valence-corrected chi connectivity index (χ1v) is 10.5. The van der Waals surface area contributed by atoms with Crippen molar-refractivity contribution in [1.29, 1.82) is 0 Å². The van der Waals surface area contributed by atoms with Gasteiger partial charge in [-0.05, 0) is 30.2 Å². The Bertz CT molecular complexity index is 824. The van der Waals surface area contributed by atoms with Gasteiger partial charge in [0.2, 0.25) is 11.8 Å². The van der Waals surface area contributed by atoms with Gasteiger partial charge in [0.05, 0.1) is 4.88 Å². The number of hydrogen-bond donors (Lipinski definition) is 1. The van der Waals surface area contributed by atoms with Crippen LogP contribution < -0.4 is 5.32 Å². The maximum atomic E-state index is 12.3. The van der Waals surface area contributed by atoms with E-state index >= 15 is 0 Å². The van der Waals surface area contributed by atoms with E-state index < -0.39 is 0 Å². The molecular formula is C20H25N3O4S. The second kappa shape index (κ2) is 9.23. The van der Waals surface area contributed by atoms with Crippen molar-refractivity contribution in [3.05, 3.63) is 34.1 Å². The zero-order valence-corrected chi connectivity index (χ0v) is 17.0. The highest BCUT2D eigenvalue weighted by Crippen LogP contribution is 2.38. The summed E-state index contributed by atoms with van der Waals surface area (Å²) in [5.74, 6) is 1.23. The summed E-state index contributed by atoms with van der Waals surface area (Å²) in [5.41, 5.74) is 0. The van der Waals surface area contributed by atoms with E-state index in [-0.39, 0.29) is 55.1 Å². The van der Waals surface area contributed by atoms with Crippen LogP contribution in [0.3, 0.4) is 0 Å². The van der Waals surface area contributed by atoms with E-state index in [2.05, 4.69) is 15.5 Å². The Morgan fingerprint density at radius 2 is 1.96 bits per heavy atom. The minimum absolute atomic E-state index is 0.0319. The molecule has 0 bridgehead atoms. The summed E-state index contributed by atoms with van der Waals surface area (Å²) in [7, 11) is 0. The number of carbonyl (C=O) groups is 3. The average Bonchev–Trinajstić information content (AvgIpc) is 3.17. The molecule has 1 atom stereocenters. The van der Waals surface area contributed by atoms with Crippen LogP contribution in [0.1, 0.15) is 85.7 Å². The number of ketones is 2. The zero-order valence-electron chi connectivity index (χ0n) is 16.1. The fraction of sp³-hybridized carbons (Fsp3) is 0.550.